The highest BCUT2D eigenvalue weighted by Crippen LogP contribution is 2.13. The molecule has 23 heavy (non-hydrogen) atoms. The summed E-state index contributed by atoms with van der Waals surface area (Å²) in [4.78, 5) is 12.2. The van der Waals surface area contributed by atoms with Crippen molar-refractivity contribution in [3.8, 4) is 0 Å². The number of hydrogen-bond donors (Lipinski definition) is 2. The Kier molecular flexibility index (Phi) is 5.71. The zero-order chi connectivity index (χ0) is 15.9. The molecule has 1 fully saturated rings. The van der Waals surface area contributed by atoms with E-state index < -0.39 is 0 Å². The lowest BCUT2D eigenvalue weighted by molar-refractivity contribution is -0.116. The molecule has 1 aliphatic heterocycles. The summed E-state index contributed by atoms with van der Waals surface area (Å²) in [6, 6.07) is 12.4. The van der Waals surface area contributed by atoms with Crippen LogP contribution in [0.15, 0.2) is 42.6 Å². The topological polar surface area (TPSA) is 59.0 Å². The number of anilines is 1. The summed E-state index contributed by atoms with van der Waals surface area (Å²) in [5.41, 5.74) is 1.27. The van der Waals surface area contributed by atoms with Gasteiger partial charge < -0.3 is 10.6 Å². The van der Waals surface area contributed by atoms with Gasteiger partial charge in [0.05, 0.1) is 6.20 Å². The Morgan fingerprint density at radius 1 is 1.35 bits per heavy atom. The van der Waals surface area contributed by atoms with Gasteiger partial charge in [0.25, 0.3) is 0 Å². The minimum Gasteiger partial charge on any atom is -0.312 e. The van der Waals surface area contributed by atoms with E-state index in [9.17, 15) is 4.79 Å². The molecule has 122 valence electrons. The average molecular weight is 330 g/mol. The van der Waals surface area contributed by atoms with Gasteiger partial charge in [-0.3, -0.25) is 4.79 Å². The van der Waals surface area contributed by atoms with E-state index in [1.54, 1.807) is 6.20 Å². The fourth-order valence-corrected chi connectivity index (χ4v) is 3.61. The molecule has 2 heterocycles. The summed E-state index contributed by atoms with van der Waals surface area (Å²) < 4.78 is 1.86. The molecule has 0 aliphatic carbocycles. The molecule has 0 bridgehead atoms. The van der Waals surface area contributed by atoms with Crippen molar-refractivity contribution < 1.29 is 4.79 Å². The van der Waals surface area contributed by atoms with Crippen LogP contribution in [0.2, 0.25) is 0 Å². The highest BCUT2D eigenvalue weighted by atomic mass is 32.2. The van der Waals surface area contributed by atoms with Crippen LogP contribution < -0.4 is 10.6 Å². The van der Waals surface area contributed by atoms with Crippen molar-refractivity contribution in [2.75, 3.05) is 23.4 Å². The van der Waals surface area contributed by atoms with Gasteiger partial charge in [0.15, 0.2) is 0 Å². The average Bonchev–Trinajstić information content (AvgIpc) is 3.02. The molecular weight excluding hydrogens is 308 g/mol. The largest absolute Gasteiger partial charge is 0.312 e. The zero-order valence-corrected chi connectivity index (χ0v) is 13.9. The summed E-state index contributed by atoms with van der Waals surface area (Å²) >= 11 is 1.90. The van der Waals surface area contributed by atoms with Gasteiger partial charge in [0, 0.05) is 43.1 Å². The maximum Gasteiger partial charge on any atom is 0.227 e. The van der Waals surface area contributed by atoms with Crippen molar-refractivity contribution in [3.63, 3.8) is 0 Å². The molecule has 6 heteroatoms. The lowest BCUT2D eigenvalue weighted by atomic mass is 10.1. The predicted octanol–water partition coefficient (Wildman–Crippen LogP) is 2.16. The molecule has 0 spiro atoms. The van der Waals surface area contributed by atoms with E-state index in [-0.39, 0.29) is 11.9 Å². The maximum absolute atomic E-state index is 12.2. The molecule has 0 radical (unpaired) electrons. The van der Waals surface area contributed by atoms with Crippen molar-refractivity contribution in [1.29, 1.82) is 0 Å². The second-order valence-corrected chi connectivity index (χ2v) is 6.80. The van der Waals surface area contributed by atoms with Gasteiger partial charge in [0.2, 0.25) is 5.91 Å². The molecule has 3 rings (SSSR count). The standard InChI is InChI=1S/C17H22N4OS/c22-17(12-15-13-23-11-9-18-15)20-16-6-8-19-21(16)10-7-14-4-2-1-3-5-14/h1-6,8,15,18H,7,9-13H2,(H,20,22). The van der Waals surface area contributed by atoms with Crippen molar-refractivity contribution >= 4 is 23.5 Å². The monoisotopic (exact) mass is 330 g/mol. The number of aryl methyl sites for hydroxylation is 2. The van der Waals surface area contributed by atoms with Gasteiger partial charge in [0.1, 0.15) is 5.82 Å². The molecule has 1 atom stereocenters. The Balaban J connectivity index is 1.52. The zero-order valence-electron chi connectivity index (χ0n) is 13.1. The van der Waals surface area contributed by atoms with Crippen molar-refractivity contribution in [2.24, 2.45) is 0 Å². The van der Waals surface area contributed by atoms with E-state index in [0.29, 0.717) is 6.42 Å². The number of benzene rings is 1. The molecule has 1 aromatic carbocycles. The molecule has 2 aromatic rings. The Morgan fingerprint density at radius 2 is 2.22 bits per heavy atom. The fraction of sp³-hybridized carbons (Fsp3) is 0.412. The summed E-state index contributed by atoms with van der Waals surface area (Å²) in [5.74, 6) is 2.95. The van der Waals surface area contributed by atoms with E-state index in [0.717, 1.165) is 36.8 Å². The number of aromatic nitrogens is 2. The van der Waals surface area contributed by atoms with Crippen LogP contribution in [0.3, 0.4) is 0 Å². The highest BCUT2D eigenvalue weighted by Gasteiger charge is 2.17. The predicted molar refractivity (Wildman–Crippen MR) is 94.7 cm³/mol. The van der Waals surface area contributed by atoms with E-state index in [1.165, 1.54) is 5.56 Å². The maximum atomic E-state index is 12.2. The van der Waals surface area contributed by atoms with Crippen LogP contribution in [0.25, 0.3) is 0 Å². The molecule has 1 aromatic heterocycles. The highest BCUT2D eigenvalue weighted by molar-refractivity contribution is 7.99. The number of nitrogens with zero attached hydrogens (tertiary/aromatic N) is 2. The van der Waals surface area contributed by atoms with Crippen LogP contribution in [0.1, 0.15) is 12.0 Å². The number of amides is 1. The number of rotatable bonds is 6. The second-order valence-electron chi connectivity index (χ2n) is 5.65. The summed E-state index contributed by atoms with van der Waals surface area (Å²) in [6.07, 6.45) is 3.14. The molecule has 0 saturated carbocycles. The normalized spacial score (nSPS) is 17.8. The fourth-order valence-electron chi connectivity index (χ4n) is 2.67. The Morgan fingerprint density at radius 3 is 3.00 bits per heavy atom. The molecule has 1 amide bonds. The summed E-state index contributed by atoms with van der Waals surface area (Å²) in [7, 11) is 0. The van der Waals surface area contributed by atoms with E-state index in [1.807, 2.05) is 40.7 Å². The molecule has 1 aliphatic rings. The van der Waals surface area contributed by atoms with Gasteiger partial charge in [-0.2, -0.15) is 16.9 Å². The first kappa shape index (κ1) is 16.1. The van der Waals surface area contributed by atoms with Crippen molar-refractivity contribution in [3.05, 3.63) is 48.2 Å². The van der Waals surface area contributed by atoms with Crippen LogP contribution in [0.5, 0.6) is 0 Å². The molecular formula is C17H22N4OS. The minimum atomic E-state index is 0.0476. The Labute approximate surface area is 140 Å². The molecule has 1 saturated heterocycles. The minimum absolute atomic E-state index is 0.0476. The number of carbonyl (C=O) groups is 1. The molecule has 1 unspecified atom stereocenters. The Hall–Kier alpha value is -1.79. The first-order valence-corrected chi connectivity index (χ1v) is 9.13. The first-order valence-electron chi connectivity index (χ1n) is 7.98. The van der Waals surface area contributed by atoms with Gasteiger partial charge in [-0.05, 0) is 12.0 Å². The third kappa shape index (κ3) is 4.84. The van der Waals surface area contributed by atoms with Crippen LogP contribution in [-0.2, 0) is 17.8 Å². The van der Waals surface area contributed by atoms with Crippen molar-refractivity contribution in [1.82, 2.24) is 15.1 Å². The van der Waals surface area contributed by atoms with E-state index in [4.69, 9.17) is 0 Å². The van der Waals surface area contributed by atoms with Gasteiger partial charge in [-0.15, -0.1) is 0 Å². The van der Waals surface area contributed by atoms with Gasteiger partial charge in [-0.25, -0.2) is 4.68 Å². The van der Waals surface area contributed by atoms with Crippen LogP contribution >= 0.6 is 11.8 Å². The number of hydrogen-bond acceptors (Lipinski definition) is 4. The van der Waals surface area contributed by atoms with Crippen molar-refractivity contribution in [2.45, 2.75) is 25.4 Å². The summed E-state index contributed by atoms with van der Waals surface area (Å²) in [5, 5.41) is 10.7. The number of carbonyl (C=O) groups excluding carboxylic acids is 1. The van der Waals surface area contributed by atoms with Gasteiger partial charge >= 0.3 is 0 Å². The van der Waals surface area contributed by atoms with Gasteiger partial charge in [-0.1, -0.05) is 30.3 Å². The first-order chi connectivity index (χ1) is 11.3. The lowest BCUT2D eigenvalue weighted by Crippen LogP contribution is -2.40. The molecule has 2 N–H and O–H groups in total. The Bertz CT molecular complexity index is 623. The third-order valence-electron chi connectivity index (χ3n) is 3.87. The smallest absolute Gasteiger partial charge is 0.227 e. The quantitative estimate of drug-likeness (QED) is 0.852. The van der Waals surface area contributed by atoms with Crippen LogP contribution in [-0.4, -0.2) is 39.8 Å². The second kappa shape index (κ2) is 8.17. The van der Waals surface area contributed by atoms with Crippen LogP contribution in [0.4, 0.5) is 5.82 Å². The SMILES string of the molecule is O=C(CC1CSCCN1)Nc1ccnn1CCc1ccccc1. The lowest BCUT2D eigenvalue weighted by Gasteiger charge is -2.22. The van der Waals surface area contributed by atoms with E-state index >= 15 is 0 Å². The molecule has 5 nitrogen and oxygen atoms in total. The number of thioether (sulfide) groups is 1. The van der Waals surface area contributed by atoms with E-state index in [2.05, 4.69) is 27.9 Å². The third-order valence-corrected chi connectivity index (χ3v) is 5.00. The number of nitrogens with one attached hydrogen (secondary N) is 2. The summed E-state index contributed by atoms with van der Waals surface area (Å²) in [6.45, 7) is 1.74. The van der Waals surface area contributed by atoms with Crippen LogP contribution in [0, 0.1) is 0 Å².